The van der Waals surface area contributed by atoms with Crippen LogP contribution in [-0.2, 0) is 9.47 Å². The predicted octanol–water partition coefficient (Wildman–Crippen LogP) is 3.13. The SMILES string of the molecule is C1=CC2CC1CC2CCCC1OCCCO1. The lowest BCUT2D eigenvalue weighted by Crippen LogP contribution is -2.24. The molecule has 1 saturated carbocycles. The summed E-state index contributed by atoms with van der Waals surface area (Å²) in [6, 6.07) is 0. The summed E-state index contributed by atoms with van der Waals surface area (Å²) in [5.41, 5.74) is 0. The minimum absolute atomic E-state index is 0.0999. The van der Waals surface area contributed by atoms with Crippen molar-refractivity contribution < 1.29 is 9.47 Å². The molecule has 1 saturated heterocycles. The van der Waals surface area contributed by atoms with Gasteiger partial charge in [0.2, 0.25) is 0 Å². The van der Waals surface area contributed by atoms with Gasteiger partial charge in [0.05, 0.1) is 13.2 Å². The summed E-state index contributed by atoms with van der Waals surface area (Å²) in [5, 5.41) is 0. The highest BCUT2D eigenvalue weighted by Gasteiger charge is 2.34. The summed E-state index contributed by atoms with van der Waals surface area (Å²) in [5.74, 6) is 2.77. The van der Waals surface area contributed by atoms with Crippen molar-refractivity contribution in [2.75, 3.05) is 13.2 Å². The summed E-state index contributed by atoms with van der Waals surface area (Å²) in [4.78, 5) is 0. The van der Waals surface area contributed by atoms with Gasteiger partial charge in [0.1, 0.15) is 0 Å². The lowest BCUT2D eigenvalue weighted by Gasteiger charge is -2.24. The topological polar surface area (TPSA) is 18.5 Å². The van der Waals surface area contributed by atoms with Crippen molar-refractivity contribution >= 4 is 0 Å². The van der Waals surface area contributed by atoms with Gasteiger partial charge in [0.15, 0.2) is 6.29 Å². The largest absolute Gasteiger partial charge is 0.353 e. The highest BCUT2D eigenvalue weighted by atomic mass is 16.7. The second-order valence-corrected chi connectivity index (χ2v) is 5.50. The molecule has 3 aliphatic rings. The van der Waals surface area contributed by atoms with Crippen LogP contribution >= 0.6 is 0 Å². The molecule has 16 heavy (non-hydrogen) atoms. The van der Waals surface area contributed by atoms with Crippen LogP contribution in [0.3, 0.4) is 0 Å². The summed E-state index contributed by atoms with van der Waals surface area (Å²) >= 11 is 0. The highest BCUT2D eigenvalue weighted by Crippen LogP contribution is 2.45. The molecule has 0 spiro atoms. The Hall–Kier alpha value is -0.340. The van der Waals surface area contributed by atoms with E-state index in [9.17, 15) is 0 Å². The first-order chi connectivity index (χ1) is 7.92. The first-order valence-electron chi connectivity index (χ1n) is 6.83. The summed E-state index contributed by atoms with van der Waals surface area (Å²) in [6.45, 7) is 1.78. The van der Waals surface area contributed by atoms with Gasteiger partial charge in [-0.3, -0.25) is 0 Å². The average Bonchev–Trinajstić information content (AvgIpc) is 2.92. The van der Waals surface area contributed by atoms with E-state index in [4.69, 9.17) is 9.47 Å². The average molecular weight is 222 g/mol. The van der Waals surface area contributed by atoms with Gasteiger partial charge in [-0.1, -0.05) is 12.2 Å². The molecule has 0 amide bonds. The smallest absolute Gasteiger partial charge is 0.157 e. The highest BCUT2D eigenvalue weighted by molar-refractivity contribution is 5.09. The van der Waals surface area contributed by atoms with Crippen molar-refractivity contribution in [3.63, 3.8) is 0 Å². The lowest BCUT2D eigenvalue weighted by atomic mass is 9.89. The molecule has 0 aromatic rings. The molecule has 2 fully saturated rings. The van der Waals surface area contributed by atoms with Crippen molar-refractivity contribution in [2.45, 2.75) is 44.8 Å². The number of hydrogen-bond acceptors (Lipinski definition) is 2. The minimum atomic E-state index is 0.0999. The van der Waals surface area contributed by atoms with Gasteiger partial charge in [-0.2, -0.15) is 0 Å². The van der Waals surface area contributed by atoms with Gasteiger partial charge in [-0.15, -0.1) is 0 Å². The Morgan fingerprint density at radius 2 is 1.88 bits per heavy atom. The summed E-state index contributed by atoms with van der Waals surface area (Å²) < 4.78 is 11.1. The van der Waals surface area contributed by atoms with E-state index in [0.717, 1.165) is 43.8 Å². The van der Waals surface area contributed by atoms with Gasteiger partial charge in [0, 0.05) is 0 Å². The van der Waals surface area contributed by atoms with Crippen molar-refractivity contribution in [2.24, 2.45) is 17.8 Å². The fourth-order valence-corrected chi connectivity index (χ4v) is 3.48. The van der Waals surface area contributed by atoms with Crippen LogP contribution in [-0.4, -0.2) is 19.5 Å². The zero-order valence-electron chi connectivity index (χ0n) is 9.94. The molecule has 0 aromatic carbocycles. The van der Waals surface area contributed by atoms with Gasteiger partial charge in [0.25, 0.3) is 0 Å². The second kappa shape index (κ2) is 4.89. The molecule has 0 aromatic heterocycles. The molecule has 2 bridgehead atoms. The lowest BCUT2D eigenvalue weighted by molar-refractivity contribution is -0.181. The maximum atomic E-state index is 5.57. The molecule has 2 heteroatoms. The predicted molar refractivity (Wildman–Crippen MR) is 63.0 cm³/mol. The second-order valence-electron chi connectivity index (χ2n) is 5.50. The number of rotatable bonds is 4. The maximum absolute atomic E-state index is 5.57. The van der Waals surface area contributed by atoms with Crippen LogP contribution in [0.5, 0.6) is 0 Å². The van der Waals surface area contributed by atoms with E-state index >= 15 is 0 Å². The van der Waals surface area contributed by atoms with Crippen LogP contribution in [0.15, 0.2) is 12.2 Å². The Morgan fingerprint density at radius 1 is 1.00 bits per heavy atom. The van der Waals surface area contributed by atoms with E-state index in [-0.39, 0.29) is 6.29 Å². The van der Waals surface area contributed by atoms with Crippen molar-refractivity contribution in [3.8, 4) is 0 Å². The molecular formula is C14H22O2. The van der Waals surface area contributed by atoms with Crippen LogP contribution in [0.2, 0.25) is 0 Å². The maximum Gasteiger partial charge on any atom is 0.157 e. The molecule has 3 atom stereocenters. The quantitative estimate of drug-likeness (QED) is 0.680. The Kier molecular flexibility index (Phi) is 3.30. The Morgan fingerprint density at radius 3 is 2.56 bits per heavy atom. The molecule has 3 unspecified atom stereocenters. The van der Waals surface area contributed by atoms with E-state index in [0.29, 0.717) is 0 Å². The van der Waals surface area contributed by atoms with E-state index in [1.54, 1.807) is 0 Å². The Labute approximate surface area is 98.0 Å². The molecule has 2 nitrogen and oxygen atoms in total. The summed E-state index contributed by atoms with van der Waals surface area (Å²) in [7, 11) is 0. The standard InChI is InChI=1S/C14H22O2/c1(4-14-15-7-2-8-16-14)3-12-9-11-5-6-13(12)10-11/h5-6,11-14H,1-4,7-10H2. The number of allylic oxidation sites excluding steroid dienone is 2. The molecule has 0 N–H and O–H groups in total. The number of fused-ring (bicyclic) bond motifs is 2. The molecular weight excluding hydrogens is 200 g/mol. The van der Waals surface area contributed by atoms with Crippen LogP contribution in [0.4, 0.5) is 0 Å². The fraction of sp³-hybridized carbons (Fsp3) is 0.857. The van der Waals surface area contributed by atoms with E-state index < -0.39 is 0 Å². The molecule has 1 aliphatic heterocycles. The summed E-state index contributed by atoms with van der Waals surface area (Å²) in [6.07, 6.45) is 12.6. The first-order valence-corrected chi connectivity index (χ1v) is 6.83. The third-order valence-electron chi connectivity index (χ3n) is 4.33. The fourth-order valence-electron chi connectivity index (χ4n) is 3.48. The van der Waals surface area contributed by atoms with Gasteiger partial charge in [-0.05, 0) is 56.3 Å². The van der Waals surface area contributed by atoms with E-state index in [2.05, 4.69) is 12.2 Å². The van der Waals surface area contributed by atoms with Gasteiger partial charge >= 0.3 is 0 Å². The molecule has 2 aliphatic carbocycles. The number of ether oxygens (including phenoxy) is 2. The van der Waals surface area contributed by atoms with Crippen LogP contribution in [0.25, 0.3) is 0 Å². The van der Waals surface area contributed by atoms with Crippen molar-refractivity contribution in [1.29, 1.82) is 0 Å². The zero-order valence-corrected chi connectivity index (χ0v) is 9.94. The van der Waals surface area contributed by atoms with Gasteiger partial charge in [-0.25, -0.2) is 0 Å². The normalized spacial score (nSPS) is 38.4. The Balaban J connectivity index is 1.36. The monoisotopic (exact) mass is 222 g/mol. The first kappa shape index (κ1) is 10.8. The molecule has 90 valence electrons. The van der Waals surface area contributed by atoms with Crippen LogP contribution in [0.1, 0.15) is 38.5 Å². The third-order valence-corrected chi connectivity index (χ3v) is 4.33. The molecule has 3 rings (SSSR count). The Bertz CT molecular complexity index is 255. The van der Waals surface area contributed by atoms with Crippen LogP contribution in [0, 0.1) is 17.8 Å². The van der Waals surface area contributed by atoms with Crippen molar-refractivity contribution in [3.05, 3.63) is 12.2 Å². The zero-order chi connectivity index (χ0) is 10.8. The third kappa shape index (κ3) is 2.33. The van der Waals surface area contributed by atoms with E-state index in [1.807, 2.05) is 0 Å². The van der Waals surface area contributed by atoms with Crippen LogP contribution < -0.4 is 0 Å². The van der Waals surface area contributed by atoms with Gasteiger partial charge < -0.3 is 9.47 Å². The molecule has 1 heterocycles. The van der Waals surface area contributed by atoms with E-state index in [1.165, 1.54) is 25.7 Å². The number of hydrogen-bond donors (Lipinski definition) is 0. The van der Waals surface area contributed by atoms with Crippen molar-refractivity contribution in [1.82, 2.24) is 0 Å². The minimum Gasteiger partial charge on any atom is -0.353 e. The molecule has 0 radical (unpaired) electrons.